The quantitative estimate of drug-likeness (QED) is 0.343. The number of anilines is 1. The molecule has 1 aliphatic rings. The van der Waals surface area contributed by atoms with Crippen LogP contribution < -0.4 is 4.90 Å². The van der Waals surface area contributed by atoms with Crippen molar-refractivity contribution in [2.45, 2.75) is 12.1 Å². The van der Waals surface area contributed by atoms with Crippen LogP contribution in [0.3, 0.4) is 0 Å². The molecule has 1 saturated heterocycles. The summed E-state index contributed by atoms with van der Waals surface area (Å²) in [5.74, 6) is 0.888. The van der Waals surface area contributed by atoms with Gasteiger partial charge in [-0.1, -0.05) is 30.0 Å². The first-order chi connectivity index (χ1) is 14.1. The van der Waals surface area contributed by atoms with E-state index < -0.39 is 4.92 Å². The molecule has 3 heterocycles. The first-order valence-corrected chi connectivity index (χ1v) is 9.93. The first-order valence-electron chi connectivity index (χ1n) is 9.05. The second kappa shape index (κ2) is 8.50. The van der Waals surface area contributed by atoms with Crippen LogP contribution in [0, 0.1) is 17.0 Å². The fraction of sp³-hybridized carbons (Fsp3) is 0.263. The van der Waals surface area contributed by atoms with E-state index in [1.54, 1.807) is 17.6 Å². The summed E-state index contributed by atoms with van der Waals surface area (Å²) in [6.07, 6.45) is 1.67. The number of rotatable bonds is 6. The zero-order valence-corrected chi connectivity index (χ0v) is 16.5. The first kappa shape index (κ1) is 19.2. The molecule has 1 aliphatic heterocycles. The lowest BCUT2D eigenvalue weighted by molar-refractivity contribution is -0.402. The number of morpholine rings is 1. The fourth-order valence-corrected chi connectivity index (χ4v) is 3.72. The Balaban J connectivity index is 1.64. The molecule has 1 fully saturated rings. The van der Waals surface area contributed by atoms with E-state index in [9.17, 15) is 10.1 Å². The highest BCUT2D eigenvalue weighted by atomic mass is 32.2. The molecule has 10 heteroatoms. The Morgan fingerprint density at radius 1 is 1.17 bits per heavy atom. The van der Waals surface area contributed by atoms with Crippen LogP contribution >= 0.6 is 11.8 Å². The van der Waals surface area contributed by atoms with E-state index >= 15 is 0 Å². The van der Waals surface area contributed by atoms with Crippen molar-refractivity contribution in [2.75, 3.05) is 31.2 Å². The molecule has 0 unspecified atom stereocenters. The van der Waals surface area contributed by atoms with Gasteiger partial charge < -0.3 is 14.1 Å². The Bertz CT molecular complexity index is 1040. The van der Waals surface area contributed by atoms with Crippen LogP contribution in [0.5, 0.6) is 0 Å². The highest BCUT2D eigenvalue weighted by Gasteiger charge is 2.22. The average Bonchev–Trinajstić information content (AvgIpc) is 3.37. The molecular weight excluding hydrogens is 394 g/mol. The van der Waals surface area contributed by atoms with Gasteiger partial charge in [-0.3, -0.25) is 14.7 Å². The van der Waals surface area contributed by atoms with E-state index in [2.05, 4.69) is 15.1 Å². The van der Waals surface area contributed by atoms with Gasteiger partial charge in [0.25, 0.3) is 0 Å². The SMILES string of the molecule is Cc1ccccc1-n1c(S/C=C/c2ccc([N+](=O)[O-])o2)nnc1N1CCOCC1. The number of furan rings is 1. The van der Waals surface area contributed by atoms with Crippen LogP contribution in [-0.2, 0) is 4.74 Å². The minimum Gasteiger partial charge on any atom is -0.401 e. The molecule has 0 atom stereocenters. The number of para-hydroxylation sites is 1. The zero-order valence-electron chi connectivity index (χ0n) is 15.7. The van der Waals surface area contributed by atoms with E-state index in [-0.39, 0.29) is 5.88 Å². The molecule has 29 heavy (non-hydrogen) atoms. The van der Waals surface area contributed by atoms with Gasteiger partial charge >= 0.3 is 5.88 Å². The Kier molecular flexibility index (Phi) is 5.63. The number of aromatic nitrogens is 3. The van der Waals surface area contributed by atoms with Crippen molar-refractivity contribution >= 4 is 29.7 Å². The lowest BCUT2D eigenvalue weighted by atomic mass is 10.2. The van der Waals surface area contributed by atoms with Gasteiger partial charge in [-0.2, -0.15) is 0 Å². The number of hydrogen-bond acceptors (Lipinski definition) is 8. The van der Waals surface area contributed by atoms with E-state index in [0.29, 0.717) is 24.1 Å². The molecule has 150 valence electrons. The van der Waals surface area contributed by atoms with E-state index in [1.807, 2.05) is 35.8 Å². The Morgan fingerprint density at radius 3 is 2.69 bits per heavy atom. The molecule has 0 bridgehead atoms. The summed E-state index contributed by atoms with van der Waals surface area (Å²) in [6.45, 7) is 4.85. The molecule has 4 rings (SSSR count). The normalized spacial score (nSPS) is 14.6. The molecule has 0 radical (unpaired) electrons. The smallest absolute Gasteiger partial charge is 0.401 e. The third-order valence-electron chi connectivity index (χ3n) is 4.46. The van der Waals surface area contributed by atoms with Crippen molar-refractivity contribution in [1.29, 1.82) is 0 Å². The van der Waals surface area contributed by atoms with Gasteiger partial charge in [-0.15, -0.1) is 10.2 Å². The lowest BCUT2D eigenvalue weighted by Gasteiger charge is -2.28. The largest absolute Gasteiger partial charge is 0.433 e. The molecular formula is C19H19N5O4S. The fourth-order valence-electron chi connectivity index (χ4n) is 3.02. The lowest BCUT2D eigenvalue weighted by Crippen LogP contribution is -2.38. The van der Waals surface area contributed by atoms with Gasteiger partial charge in [0.2, 0.25) is 11.1 Å². The van der Waals surface area contributed by atoms with Crippen LogP contribution in [0.15, 0.2) is 51.4 Å². The van der Waals surface area contributed by atoms with Gasteiger partial charge in [-0.05, 0) is 36.1 Å². The second-order valence-electron chi connectivity index (χ2n) is 6.36. The number of nitrogens with zero attached hydrogens (tertiary/aromatic N) is 5. The number of benzene rings is 1. The minimum absolute atomic E-state index is 0.285. The van der Waals surface area contributed by atoms with Crippen LogP contribution in [-0.4, -0.2) is 46.0 Å². The van der Waals surface area contributed by atoms with Gasteiger partial charge in [-0.25, -0.2) is 0 Å². The Labute approximate surface area is 171 Å². The predicted molar refractivity (Wildman–Crippen MR) is 109 cm³/mol. The van der Waals surface area contributed by atoms with E-state index in [4.69, 9.17) is 9.15 Å². The van der Waals surface area contributed by atoms with Gasteiger partial charge in [0.1, 0.15) is 10.7 Å². The molecule has 0 aliphatic carbocycles. The summed E-state index contributed by atoms with van der Waals surface area (Å²) < 4.78 is 12.6. The Morgan fingerprint density at radius 2 is 1.97 bits per heavy atom. The molecule has 2 aromatic heterocycles. The van der Waals surface area contributed by atoms with Crippen molar-refractivity contribution in [3.63, 3.8) is 0 Å². The third kappa shape index (κ3) is 4.17. The summed E-state index contributed by atoms with van der Waals surface area (Å²) in [6, 6.07) is 10.9. The molecule has 9 nitrogen and oxygen atoms in total. The van der Waals surface area contributed by atoms with Crippen molar-refractivity contribution in [1.82, 2.24) is 14.8 Å². The summed E-state index contributed by atoms with van der Waals surface area (Å²) >= 11 is 1.37. The van der Waals surface area contributed by atoms with E-state index in [0.717, 1.165) is 30.3 Å². The molecule has 0 spiro atoms. The summed E-state index contributed by atoms with van der Waals surface area (Å²) in [7, 11) is 0. The minimum atomic E-state index is -0.562. The summed E-state index contributed by atoms with van der Waals surface area (Å²) in [5.41, 5.74) is 2.11. The topological polar surface area (TPSA) is 99.5 Å². The maximum Gasteiger partial charge on any atom is 0.433 e. The number of hydrogen-bond donors (Lipinski definition) is 0. The monoisotopic (exact) mass is 413 g/mol. The molecule has 0 N–H and O–H groups in total. The van der Waals surface area contributed by atoms with Gasteiger partial charge in [0, 0.05) is 13.1 Å². The third-order valence-corrected chi connectivity index (χ3v) is 5.21. The van der Waals surface area contributed by atoms with Gasteiger partial charge in [0.05, 0.1) is 25.0 Å². The van der Waals surface area contributed by atoms with Crippen LogP contribution in [0.25, 0.3) is 11.8 Å². The summed E-state index contributed by atoms with van der Waals surface area (Å²) in [5, 5.41) is 22.0. The standard InChI is InChI=1S/C19H19N5O4S/c1-14-4-2-3-5-16(14)23-18(22-9-11-27-12-10-22)20-21-19(23)29-13-8-15-6-7-17(28-15)24(25)26/h2-8,13H,9-12H2,1H3/b13-8+. The molecule has 3 aromatic rings. The average molecular weight is 413 g/mol. The van der Waals surface area contributed by atoms with Crippen molar-refractivity contribution in [3.8, 4) is 5.69 Å². The molecule has 0 saturated carbocycles. The number of aryl methyl sites for hydroxylation is 1. The highest BCUT2D eigenvalue weighted by molar-refractivity contribution is 8.02. The summed E-state index contributed by atoms with van der Waals surface area (Å²) in [4.78, 5) is 12.3. The predicted octanol–water partition coefficient (Wildman–Crippen LogP) is 3.68. The zero-order chi connectivity index (χ0) is 20.2. The maximum absolute atomic E-state index is 10.7. The molecule has 0 amide bonds. The highest BCUT2D eigenvalue weighted by Crippen LogP contribution is 2.30. The van der Waals surface area contributed by atoms with Crippen molar-refractivity contribution < 1.29 is 14.1 Å². The Hall–Kier alpha value is -3.11. The van der Waals surface area contributed by atoms with Crippen LogP contribution in [0.1, 0.15) is 11.3 Å². The molecule has 1 aromatic carbocycles. The van der Waals surface area contributed by atoms with Crippen molar-refractivity contribution in [3.05, 3.63) is 63.2 Å². The maximum atomic E-state index is 10.7. The van der Waals surface area contributed by atoms with Gasteiger partial charge in [0.15, 0.2) is 0 Å². The van der Waals surface area contributed by atoms with Crippen molar-refractivity contribution in [2.24, 2.45) is 0 Å². The number of nitro groups is 1. The van der Waals surface area contributed by atoms with E-state index in [1.165, 1.54) is 17.8 Å². The number of ether oxygens (including phenoxy) is 1. The second-order valence-corrected chi connectivity index (χ2v) is 7.23. The number of thioether (sulfide) groups is 1. The van der Waals surface area contributed by atoms with Crippen LogP contribution in [0.2, 0.25) is 0 Å². The van der Waals surface area contributed by atoms with Crippen LogP contribution in [0.4, 0.5) is 11.8 Å².